The minimum atomic E-state index is -0.158. The summed E-state index contributed by atoms with van der Waals surface area (Å²) in [4.78, 5) is 27.5. The molecular weight excluding hydrogens is 467 g/mol. The van der Waals surface area contributed by atoms with E-state index in [9.17, 15) is 9.18 Å². The number of piperazine rings is 1. The quantitative estimate of drug-likeness (QED) is 0.484. The number of benzene rings is 2. The molecule has 1 atom stereocenters. The molecule has 0 bridgehead atoms. The number of fused-ring (bicyclic) bond motifs is 1. The van der Waals surface area contributed by atoms with E-state index in [2.05, 4.69) is 30.0 Å². The van der Waals surface area contributed by atoms with Crippen LogP contribution in [-0.4, -0.2) is 73.1 Å². The van der Waals surface area contributed by atoms with Crippen LogP contribution in [-0.2, 0) is 4.79 Å². The van der Waals surface area contributed by atoms with Crippen LogP contribution in [0.4, 0.5) is 16.0 Å². The number of hydrogen-bond acceptors (Lipinski definition) is 5. The van der Waals surface area contributed by atoms with Gasteiger partial charge in [0.2, 0.25) is 11.9 Å². The lowest BCUT2D eigenvalue weighted by atomic mass is 9.97. The molecular formula is C26H32ClFN6O. The molecule has 7 nitrogen and oxygen atoms in total. The molecule has 2 N–H and O–H groups in total. The van der Waals surface area contributed by atoms with Gasteiger partial charge in [0.05, 0.1) is 22.6 Å². The van der Waals surface area contributed by atoms with E-state index >= 15 is 0 Å². The largest absolute Gasteiger partial charge is 0.367 e. The Bertz CT molecular complexity index is 1160. The number of H-pyrrole nitrogens is 1. The molecule has 3 heterocycles. The smallest absolute Gasteiger partial charge is 0.224 e. The molecule has 2 aliphatic heterocycles. The molecule has 2 fully saturated rings. The van der Waals surface area contributed by atoms with Crippen LogP contribution in [0.2, 0.25) is 5.02 Å². The summed E-state index contributed by atoms with van der Waals surface area (Å²) in [7, 11) is 0. The van der Waals surface area contributed by atoms with Crippen molar-refractivity contribution in [2.75, 3.05) is 62.2 Å². The third-order valence-electron chi connectivity index (χ3n) is 7.04. The maximum atomic E-state index is 14.0. The minimum Gasteiger partial charge on any atom is -0.367 e. The first kappa shape index (κ1) is 23.9. The molecule has 1 amide bonds. The second-order valence-corrected chi connectivity index (χ2v) is 9.87. The van der Waals surface area contributed by atoms with Crippen molar-refractivity contribution in [1.29, 1.82) is 0 Å². The van der Waals surface area contributed by atoms with E-state index < -0.39 is 0 Å². The van der Waals surface area contributed by atoms with E-state index in [0.29, 0.717) is 23.8 Å². The molecule has 35 heavy (non-hydrogen) atoms. The standard InChI is InChI=1S/C26H32ClFN6O/c27-20-8-9-22-23(17-20)31-26(30-22)34-12-3-5-19(18-34)25(35)29-10-4-11-32-13-15-33(16-14-32)24-7-2-1-6-21(24)28/h1-2,6-9,17,19H,3-5,10-16,18H2,(H,29,35)(H,30,31). The van der Waals surface area contributed by atoms with Crippen molar-refractivity contribution in [1.82, 2.24) is 20.2 Å². The van der Waals surface area contributed by atoms with Gasteiger partial charge in [-0.1, -0.05) is 23.7 Å². The molecule has 2 aliphatic rings. The van der Waals surface area contributed by atoms with Crippen molar-refractivity contribution in [2.24, 2.45) is 5.92 Å². The molecule has 0 spiro atoms. The third kappa shape index (κ3) is 5.70. The first-order valence-electron chi connectivity index (χ1n) is 12.5. The molecule has 5 rings (SSSR count). The molecule has 2 saturated heterocycles. The number of rotatable bonds is 7. The summed E-state index contributed by atoms with van der Waals surface area (Å²) in [5.41, 5.74) is 2.48. The second-order valence-electron chi connectivity index (χ2n) is 9.43. The number of anilines is 2. The van der Waals surface area contributed by atoms with Gasteiger partial charge in [-0.3, -0.25) is 9.69 Å². The summed E-state index contributed by atoms with van der Waals surface area (Å²) in [5, 5.41) is 3.82. The average Bonchev–Trinajstić information content (AvgIpc) is 3.31. The Morgan fingerprint density at radius 2 is 1.94 bits per heavy atom. The molecule has 3 aromatic rings. The molecule has 1 unspecified atom stereocenters. The number of nitrogens with one attached hydrogen (secondary N) is 2. The number of hydrogen-bond donors (Lipinski definition) is 2. The number of carbonyl (C=O) groups is 1. The third-order valence-corrected chi connectivity index (χ3v) is 7.27. The number of amides is 1. The van der Waals surface area contributed by atoms with E-state index in [1.165, 1.54) is 6.07 Å². The molecule has 0 aliphatic carbocycles. The Hall–Kier alpha value is -2.84. The number of carbonyl (C=O) groups excluding carboxylic acids is 1. The van der Waals surface area contributed by atoms with E-state index in [1.54, 1.807) is 6.07 Å². The first-order valence-corrected chi connectivity index (χ1v) is 12.8. The zero-order valence-corrected chi connectivity index (χ0v) is 20.6. The molecule has 9 heteroatoms. The molecule has 2 aromatic carbocycles. The number of aromatic amines is 1. The summed E-state index contributed by atoms with van der Waals surface area (Å²) in [6.45, 7) is 6.60. The lowest BCUT2D eigenvalue weighted by Crippen LogP contribution is -2.47. The number of imidazole rings is 1. The van der Waals surface area contributed by atoms with Gasteiger partial charge in [0.15, 0.2) is 0 Å². The SMILES string of the molecule is O=C(NCCCN1CCN(c2ccccc2F)CC1)C1CCCN(c2nc3ccc(Cl)cc3[nH]2)C1. The van der Waals surface area contributed by atoms with Gasteiger partial charge in [-0.15, -0.1) is 0 Å². The first-order chi connectivity index (χ1) is 17.1. The van der Waals surface area contributed by atoms with Crippen LogP contribution in [0.3, 0.4) is 0 Å². The fourth-order valence-corrected chi connectivity index (χ4v) is 5.25. The summed E-state index contributed by atoms with van der Waals surface area (Å²) >= 11 is 6.09. The number of aromatic nitrogens is 2. The Balaban J connectivity index is 1.04. The summed E-state index contributed by atoms with van der Waals surface area (Å²) in [6, 6.07) is 12.6. The maximum Gasteiger partial charge on any atom is 0.224 e. The number of nitrogens with zero attached hydrogens (tertiary/aromatic N) is 4. The van der Waals surface area contributed by atoms with Crippen LogP contribution >= 0.6 is 11.6 Å². The number of halogens is 2. The van der Waals surface area contributed by atoms with Crippen LogP contribution < -0.4 is 15.1 Å². The van der Waals surface area contributed by atoms with E-state index in [-0.39, 0.29) is 17.6 Å². The second kappa shape index (κ2) is 10.8. The van der Waals surface area contributed by atoms with Gasteiger partial charge < -0.3 is 20.1 Å². The van der Waals surface area contributed by atoms with Gasteiger partial charge in [-0.25, -0.2) is 9.37 Å². The highest BCUT2D eigenvalue weighted by atomic mass is 35.5. The van der Waals surface area contributed by atoms with E-state index in [0.717, 1.165) is 75.5 Å². The summed E-state index contributed by atoms with van der Waals surface area (Å²) in [6.07, 6.45) is 2.76. The zero-order valence-electron chi connectivity index (χ0n) is 19.9. The normalized spacial score (nSPS) is 19.3. The van der Waals surface area contributed by atoms with E-state index in [1.807, 2.05) is 30.3 Å². The van der Waals surface area contributed by atoms with Gasteiger partial charge in [0, 0.05) is 50.8 Å². The zero-order chi connectivity index (χ0) is 24.2. The van der Waals surface area contributed by atoms with Crippen molar-refractivity contribution < 1.29 is 9.18 Å². The van der Waals surface area contributed by atoms with E-state index in [4.69, 9.17) is 11.6 Å². The van der Waals surface area contributed by atoms with Crippen LogP contribution in [0.25, 0.3) is 11.0 Å². The topological polar surface area (TPSA) is 67.5 Å². The van der Waals surface area contributed by atoms with Crippen molar-refractivity contribution in [3.8, 4) is 0 Å². The van der Waals surface area contributed by atoms with Crippen molar-refractivity contribution >= 4 is 40.2 Å². The monoisotopic (exact) mass is 498 g/mol. The Morgan fingerprint density at radius 3 is 2.77 bits per heavy atom. The molecule has 1 aromatic heterocycles. The summed E-state index contributed by atoms with van der Waals surface area (Å²) < 4.78 is 14.0. The predicted octanol–water partition coefficient (Wildman–Crippen LogP) is 3.90. The fourth-order valence-electron chi connectivity index (χ4n) is 5.08. The van der Waals surface area contributed by atoms with Crippen molar-refractivity contribution in [3.63, 3.8) is 0 Å². The van der Waals surface area contributed by atoms with Crippen LogP contribution in [0.15, 0.2) is 42.5 Å². The highest BCUT2D eigenvalue weighted by Gasteiger charge is 2.27. The predicted molar refractivity (Wildman–Crippen MR) is 139 cm³/mol. The van der Waals surface area contributed by atoms with Crippen molar-refractivity contribution in [3.05, 3.63) is 53.3 Å². The molecule has 0 radical (unpaired) electrons. The summed E-state index contributed by atoms with van der Waals surface area (Å²) in [5.74, 6) is 0.729. The van der Waals surface area contributed by atoms with Gasteiger partial charge >= 0.3 is 0 Å². The minimum absolute atomic E-state index is 0.0372. The van der Waals surface area contributed by atoms with Crippen LogP contribution in [0.5, 0.6) is 0 Å². The lowest BCUT2D eigenvalue weighted by molar-refractivity contribution is -0.125. The Kier molecular flexibility index (Phi) is 7.39. The number of para-hydroxylation sites is 1. The Morgan fingerprint density at radius 1 is 1.11 bits per heavy atom. The number of piperidine rings is 1. The Labute approximate surface area is 210 Å². The lowest BCUT2D eigenvalue weighted by Gasteiger charge is -2.36. The van der Waals surface area contributed by atoms with Crippen molar-refractivity contribution in [2.45, 2.75) is 19.3 Å². The van der Waals surface area contributed by atoms with Crippen LogP contribution in [0, 0.1) is 11.7 Å². The fraction of sp³-hybridized carbons (Fsp3) is 0.462. The van der Waals surface area contributed by atoms with Gasteiger partial charge in [0.1, 0.15) is 5.82 Å². The van der Waals surface area contributed by atoms with Gasteiger partial charge in [-0.05, 0) is 56.1 Å². The van der Waals surface area contributed by atoms with Gasteiger partial charge in [0.25, 0.3) is 0 Å². The highest BCUT2D eigenvalue weighted by molar-refractivity contribution is 6.31. The molecule has 186 valence electrons. The average molecular weight is 499 g/mol. The maximum absolute atomic E-state index is 14.0. The van der Waals surface area contributed by atoms with Crippen LogP contribution in [0.1, 0.15) is 19.3 Å². The molecule has 0 saturated carbocycles. The van der Waals surface area contributed by atoms with Gasteiger partial charge in [-0.2, -0.15) is 0 Å². The highest BCUT2D eigenvalue weighted by Crippen LogP contribution is 2.25.